The third kappa shape index (κ3) is 4.14. The molecule has 3 saturated carbocycles. The number of methoxy groups -OCH3 is 1. The van der Waals surface area contributed by atoms with Gasteiger partial charge < -0.3 is 19.5 Å². The van der Waals surface area contributed by atoms with Crippen LogP contribution in [-0.2, 0) is 23.9 Å². The van der Waals surface area contributed by atoms with E-state index in [1.165, 1.54) is 7.11 Å². The molecule has 7 heteroatoms. The Labute approximate surface area is 191 Å². The number of likely N-dealkylation sites (N-methyl/N-ethyl adjacent to an activating group) is 1. The maximum Gasteiger partial charge on any atom is 0.330 e. The molecule has 7 atom stereocenters. The van der Waals surface area contributed by atoms with Crippen LogP contribution in [0, 0.1) is 34.5 Å². The summed E-state index contributed by atoms with van der Waals surface area (Å²) in [7, 11) is 5.20. The highest BCUT2D eigenvalue weighted by Crippen LogP contribution is 2.64. The van der Waals surface area contributed by atoms with Gasteiger partial charge in [-0.25, -0.2) is 4.79 Å². The van der Waals surface area contributed by atoms with Crippen LogP contribution in [0.15, 0.2) is 11.6 Å². The van der Waals surface area contributed by atoms with Crippen molar-refractivity contribution in [3.05, 3.63) is 11.6 Å². The summed E-state index contributed by atoms with van der Waals surface area (Å²) in [5, 5.41) is 11.2. The average Bonchev–Trinajstić information content (AvgIpc) is 2.72. The Morgan fingerprint density at radius 1 is 1.25 bits per heavy atom. The van der Waals surface area contributed by atoms with E-state index in [1.807, 2.05) is 32.8 Å². The van der Waals surface area contributed by atoms with Crippen LogP contribution in [0.3, 0.4) is 0 Å². The van der Waals surface area contributed by atoms with Gasteiger partial charge in [0.2, 0.25) is 0 Å². The van der Waals surface area contributed by atoms with Gasteiger partial charge in [-0.2, -0.15) is 0 Å². The summed E-state index contributed by atoms with van der Waals surface area (Å²) < 4.78 is 10.4. The molecular weight excluding hydrogens is 410 g/mol. The van der Waals surface area contributed by atoms with Crippen molar-refractivity contribution < 1.29 is 29.0 Å². The molecule has 0 saturated heterocycles. The number of ketones is 1. The number of allylic oxidation sites excluding steroid dienone is 1. The molecule has 1 N–H and O–H groups in total. The fourth-order valence-corrected chi connectivity index (χ4v) is 7.04. The molecule has 0 radical (unpaired) electrons. The van der Waals surface area contributed by atoms with E-state index in [1.54, 1.807) is 6.08 Å². The van der Waals surface area contributed by atoms with E-state index in [0.717, 1.165) is 24.8 Å². The summed E-state index contributed by atoms with van der Waals surface area (Å²) >= 11 is 0. The third-order valence-electron chi connectivity index (χ3n) is 8.63. The standard InChI is InChI=1S/C25H39NO6/c1-15-16(14-18(27)32-13-12-26(4)5)8-9-17-19(15)20(28)21(29)22-24(17,2)10-7-11-25(22,3)23(30)31-6/h14-15,17,19,21-22,29H,7-13H2,1-6H3/b16-14-/t15-,17-,19+,21-,22+,24-,25-/m0/s1. The molecule has 3 rings (SSSR count). The van der Waals surface area contributed by atoms with Gasteiger partial charge in [-0.1, -0.05) is 25.8 Å². The first-order valence-electron chi connectivity index (χ1n) is 11.8. The van der Waals surface area contributed by atoms with Crippen LogP contribution in [-0.4, -0.2) is 68.2 Å². The Morgan fingerprint density at radius 3 is 2.56 bits per heavy atom. The Kier molecular flexibility index (Phi) is 7.20. The smallest absolute Gasteiger partial charge is 0.330 e. The Balaban J connectivity index is 1.87. The lowest BCUT2D eigenvalue weighted by molar-refractivity contribution is -0.198. The zero-order chi connectivity index (χ0) is 23.8. The topological polar surface area (TPSA) is 93.1 Å². The molecule has 32 heavy (non-hydrogen) atoms. The molecule has 0 aliphatic heterocycles. The van der Waals surface area contributed by atoms with Crippen molar-refractivity contribution in [1.82, 2.24) is 4.90 Å². The fourth-order valence-electron chi connectivity index (χ4n) is 7.04. The summed E-state index contributed by atoms with van der Waals surface area (Å²) in [6.45, 7) is 6.94. The minimum atomic E-state index is -1.21. The number of esters is 2. The van der Waals surface area contributed by atoms with Gasteiger partial charge >= 0.3 is 11.9 Å². The van der Waals surface area contributed by atoms with Gasteiger partial charge in [-0.05, 0) is 64.0 Å². The number of ether oxygens (including phenoxy) is 2. The quantitative estimate of drug-likeness (QED) is 0.509. The number of nitrogens with zero attached hydrogens (tertiary/aromatic N) is 1. The van der Waals surface area contributed by atoms with E-state index >= 15 is 0 Å². The van der Waals surface area contributed by atoms with Crippen LogP contribution in [0.1, 0.15) is 52.9 Å². The first kappa shape index (κ1) is 24.9. The molecule has 0 spiro atoms. The number of carbonyl (C=O) groups is 3. The number of aliphatic hydroxyl groups excluding tert-OH is 1. The highest BCUT2D eigenvalue weighted by atomic mass is 16.5. The zero-order valence-corrected chi connectivity index (χ0v) is 20.3. The number of Topliss-reactive ketones (excluding diaryl/α,β-unsaturated/α-hetero) is 1. The van der Waals surface area contributed by atoms with Gasteiger partial charge in [0.1, 0.15) is 12.7 Å². The molecule has 3 fully saturated rings. The third-order valence-corrected chi connectivity index (χ3v) is 8.63. The molecule has 0 unspecified atom stereocenters. The fraction of sp³-hybridized carbons (Fsp3) is 0.800. The highest BCUT2D eigenvalue weighted by molar-refractivity contribution is 5.90. The van der Waals surface area contributed by atoms with Gasteiger partial charge in [0, 0.05) is 24.5 Å². The van der Waals surface area contributed by atoms with Crippen LogP contribution < -0.4 is 0 Å². The first-order valence-corrected chi connectivity index (χ1v) is 11.8. The van der Waals surface area contributed by atoms with Crippen LogP contribution in [0.25, 0.3) is 0 Å². The van der Waals surface area contributed by atoms with E-state index < -0.39 is 17.4 Å². The lowest BCUT2D eigenvalue weighted by Gasteiger charge is -2.61. The van der Waals surface area contributed by atoms with Crippen LogP contribution in [0.5, 0.6) is 0 Å². The molecule has 0 heterocycles. The van der Waals surface area contributed by atoms with E-state index in [9.17, 15) is 19.5 Å². The summed E-state index contributed by atoms with van der Waals surface area (Å²) in [6, 6.07) is 0. The molecule has 3 aliphatic rings. The van der Waals surface area contributed by atoms with Crippen molar-refractivity contribution >= 4 is 17.7 Å². The molecular formula is C25H39NO6. The molecule has 3 aliphatic carbocycles. The van der Waals surface area contributed by atoms with Gasteiger partial charge in [-0.3, -0.25) is 9.59 Å². The monoisotopic (exact) mass is 449 g/mol. The van der Waals surface area contributed by atoms with Crippen molar-refractivity contribution in [2.45, 2.75) is 59.0 Å². The molecule has 180 valence electrons. The van der Waals surface area contributed by atoms with Gasteiger partial charge in [0.25, 0.3) is 0 Å². The van der Waals surface area contributed by atoms with E-state index in [-0.39, 0.29) is 40.9 Å². The number of hydrogen-bond donors (Lipinski definition) is 1. The SMILES string of the molecule is COC(=O)[C@@]1(C)CCC[C@]2(C)[C@H]1[C@@H](O)C(=O)[C@@H]1[C@@H](C)/C(=C\C(=O)OCCN(C)C)CC[C@@H]12. The van der Waals surface area contributed by atoms with E-state index in [2.05, 4.69) is 6.92 Å². The predicted molar refractivity (Wildman–Crippen MR) is 120 cm³/mol. The maximum absolute atomic E-state index is 13.5. The lowest BCUT2D eigenvalue weighted by Crippen LogP contribution is -2.65. The summed E-state index contributed by atoms with van der Waals surface area (Å²) in [5.74, 6) is -1.83. The minimum Gasteiger partial charge on any atom is -0.469 e. The van der Waals surface area contributed by atoms with Gasteiger partial charge in [0.15, 0.2) is 5.78 Å². The first-order chi connectivity index (χ1) is 15.0. The number of fused-ring (bicyclic) bond motifs is 3. The molecule has 0 bridgehead atoms. The summed E-state index contributed by atoms with van der Waals surface area (Å²) in [5.41, 5.74) is -0.307. The normalized spacial score (nSPS) is 40.6. The summed E-state index contributed by atoms with van der Waals surface area (Å²) in [4.78, 5) is 40.5. The minimum absolute atomic E-state index is 0.0598. The average molecular weight is 450 g/mol. The lowest BCUT2D eigenvalue weighted by atomic mass is 9.42. The van der Waals surface area contributed by atoms with Gasteiger partial charge in [-0.15, -0.1) is 0 Å². The number of carbonyl (C=O) groups excluding carboxylic acids is 3. The number of aliphatic hydroxyl groups is 1. The number of rotatable bonds is 5. The highest BCUT2D eigenvalue weighted by Gasteiger charge is 2.66. The second kappa shape index (κ2) is 9.26. The Bertz CT molecular complexity index is 791. The van der Waals surface area contributed by atoms with Crippen LogP contribution >= 0.6 is 0 Å². The Morgan fingerprint density at radius 2 is 1.94 bits per heavy atom. The Hall–Kier alpha value is -1.73. The number of hydrogen-bond acceptors (Lipinski definition) is 7. The van der Waals surface area contributed by atoms with Crippen molar-refractivity contribution in [2.75, 3.05) is 34.4 Å². The van der Waals surface area contributed by atoms with Crippen molar-refractivity contribution in [3.63, 3.8) is 0 Å². The van der Waals surface area contributed by atoms with E-state index in [0.29, 0.717) is 26.0 Å². The van der Waals surface area contributed by atoms with Crippen LogP contribution in [0.2, 0.25) is 0 Å². The second-order valence-corrected chi connectivity index (χ2v) is 10.7. The van der Waals surface area contributed by atoms with Crippen molar-refractivity contribution in [1.29, 1.82) is 0 Å². The second-order valence-electron chi connectivity index (χ2n) is 10.7. The molecule has 0 amide bonds. The molecule has 7 nitrogen and oxygen atoms in total. The predicted octanol–water partition coefficient (Wildman–Crippen LogP) is 2.61. The van der Waals surface area contributed by atoms with E-state index in [4.69, 9.17) is 9.47 Å². The maximum atomic E-state index is 13.5. The largest absolute Gasteiger partial charge is 0.469 e. The van der Waals surface area contributed by atoms with Crippen LogP contribution in [0.4, 0.5) is 0 Å². The molecule has 0 aromatic rings. The summed E-state index contributed by atoms with van der Waals surface area (Å²) in [6.07, 6.45) is 4.15. The molecule has 0 aromatic carbocycles. The van der Waals surface area contributed by atoms with Gasteiger partial charge in [0.05, 0.1) is 12.5 Å². The zero-order valence-electron chi connectivity index (χ0n) is 20.3. The van der Waals surface area contributed by atoms with Crippen molar-refractivity contribution in [2.24, 2.45) is 34.5 Å². The van der Waals surface area contributed by atoms with Crippen molar-refractivity contribution in [3.8, 4) is 0 Å². The molecule has 0 aromatic heterocycles.